The third-order valence-electron chi connectivity index (χ3n) is 3.34. The van der Waals surface area contributed by atoms with Crippen LogP contribution in [-0.4, -0.2) is 20.2 Å². The molecule has 1 fully saturated rings. The van der Waals surface area contributed by atoms with Gasteiger partial charge in [-0.25, -0.2) is 0 Å². The summed E-state index contributed by atoms with van der Waals surface area (Å²) in [6, 6.07) is 7.63. The molecule has 6 heteroatoms. The normalized spacial score (nSPS) is 22.2. The van der Waals surface area contributed by atoms with Crippen molar-refractivity contribution in [2.75, 3.05) is 0 Å². The molecule has 2 aliphatic carbocycles. The van der Waals surface area contributed by atoms with Gasteiger partial charge in [0.05, 0.1) is 0 Å². The second-order valence-corrected chi connectivity index (χ2v) is 8.89. The van der Waals surface area contributed by atoms with E-state index in [9.17, 15) is 0 Å². The zero-order chi connectivity index (χ0) is 17.9. The first kappa shape index (κ1) is 22.3. The van der Waals surface area contributed by atoms with E-state index >= 15 is 0 Å². The first-order valence-electron chi connectivity index (χ1n) is 7.65. The third-order valence-corrected chi connectivity index (χ3v) is 5.51. The van der Waals surface area contributed by atoms with Gasteiger partial charge in [-0.3, -0.25) is 0 Å². The molecular formula is C18H40S6. The van der Waals surface area contributed by atoms with Gasteiger partial charge < -0.3 is 0 Å². The molecule has 1 aromatic rings. The number of hydrogen-bond acceptors (Lipinski definition) is 6. The first-order valence-corrected chi connectivity index (χ1v) is 10.4. The average Bonchev–Trinajstić information content (AvgIpc) is 2.57. The summed E-state index contributed by atoms with van der Waals surface area (Å²) in [6.45, 7) is 0. The van der Waals surface area contributed by atoms with Gasteiger partial charge in [-0.15, -0.1) is 25.3 Å². The molecule has 2 aliphatic rings. The Kier molecular flexibility index (Phi) is 11.7. The molecule has 148 valence electrons. The summed E-state index contributed by atoms with van der Waals surface area (Å²) >= 11 is 26.6. The number of allylic oxidation sites excluding steroid dienone is 4. The van der Waals surface area contributed by atoms with E-state index in [4.69, 9.17) is 24.4 Å². The molecule has 1 aromatic carbocycles. The van der Waals surface area contributed by atoms with Crippen molar-refractivity contribution in [3.05, 3.63) is 48.6 Å². The maximum atomic E-state index is 4.83. The molecular weight excluding hydrogens is 409 g/mol. The minimum atomic E-state index is 0. The lowest BCUT2D eigenvalue weighted by Gasteiger charge is -2.21. The molecule has 0 aromatic heterocycles. The smallest absolute Gasteiger partial charge is 0.0378 e. The molecule has 24 heavy (non-hydrogen) atoms. The number of hydrogen-bond donors (Lipinski definition) is 4. The SMILES string of the molecule is S=C1C=CC(=S)C=C1.SC1CCC(S)CC1.Sc1ccc(S)cc1.[HH].[HH].[HH].[HH].[HH].[HH].[HH].[HH].[HH]. The van der Waals surface area contributed by atoms with E-state index in [1.807, 2.05) is 48.6 Å². The Hall–Kier alpha value is 0.280. The van der Waals surface area contributed by atoms with Gasteiger partial charge in [0.25, 0.3) is 0 Å². The van der Waals surface area contributed by atoms with Crippen LogP contribution in [0.5, 0.6) is 0 Å². The average molecular weight is 449 g/mol. The minimum Gasteiger partial charge on any atom is -0.176 e. The maximum Gasteiger partial charge on any atom is 0.0378 e. The summed E-state index contributed by atoms with van der Waals surface area (Å²) in [4.78, 5) is 3.64. The fourth-order valence-corrected chi connectivity index (χ4v) is 3.12. The molecule has 0 aliphatic heterocycles. The van der Waals surface area contributed by atoms with Crippen molar-refractivity contribution in [1.82, 2.24) is 0 Å². The van der Waals surface area contributed by atoms with Crippen LogP contribution in [0.4, 0.5) is 0 Å². The number of thiol groups is 4. The van der Waals surface area contributed by atoms with Crippen LogP contribution < -0.4 is 0 Å². The quantitative estimate of drug-likeness (QED) is 0.232. The van der Waals surface area contributed by atoms with Crippen LogP contribution in [0.15, 0.2) is 58.4 Å². The zero-order valence-corrected chi connectivity index (χ0v) is 18.4. The lowest BCUT2D eigenvalue weighted by molar-refractivity contribution is 0.532. The summed E-state index contributed by atoms with van der Waals surface area (Å²) in [6.07, 6.45) is 12.4. The van der Waals surface area contributed by atoms with Crippen molar-refractivity contribution in [2.24, 2.45) is 0 Å². The zero-order valence-electron chi connectivity index (χ0n) is 13.2. The molecule has 0 amide bonds. The fourth-order valence-electron chi connectivity index (χ4n) is 1.95. The summed E-state index contributed by atoms with van der Waals surface area (Å²) in [5.74, 6) is 0. The molecule has 0 nitrogen and oxygen atoms in total. The highest BCUT2D eigenvalue weighted by molar-refractivity contribution is 7.82. The highest BCUT2D eigenvalue weighted by atomic mass is 32.1. The van der Waals surface area contributed by atoms with E-state index < -0.39 is 0 Å². The number of thiocarbonyl (C=S) groups is 2. The Morgan fingerprint density at radius 3 is 1.17 bits per heavy atom. The van der Waals surface area contributed by atoms with Gasteiger partial charge in [0.1, 0.15) is 0 Å². The molecule has 0 saturated heterocycles. The van der Waals surface area contributed by atoms with E-state index in [0.717, 1.165) is 19.5 Å². The Labute approximate surface area is 191 Å². The van der Waals surface area contributed by atoms with Crippen LogP contribution in [0, 0.1) is 0 Å². The second kappa shape index (κ2) is 12.6. The predicted octanol–water partition coefficient (Wildman–Crippen LogP) is 8.49. The van der Waals surface area contributed by atoms with Crippen molar-refractivity contribution in [1.29, 1.82) is 0 Å². The van der Waals surface area contributed by atoms with Gasteiger partial charge in [-0.05, 0) is 74.3 Å². The first-order chi connectivity index (χ1) is 11.4. The topological polar surface area (TPSA) is 0 Å². The predicted molar refractivity (Wildman–Crippen MR) is 147 cm³/mol. The van der Waals surface area contributed by atoms with Gasteiger partial charge in [0.15, 0.2) is 0 Å². The third kappa shape index (κ3) is 11.0. The van der Waals surface area contributed by atoms with Gasteiger partial charge >= 0.3 is 0 Å². The molecule has 1 saturated carbocycles. The Bertz CT molecular complexity index is 539. The molecule has 0 radical (unpaired) electrons. The molecule has 0 unspecified atom stereocenters. The summed E-state index contributed by atoms with van der Waals surface area (Å²) in [5, 5.41) is 1.33. The Morgan fingerprint density at radius 1 is 0.667 bits per heavy atom. The lowest BCUT2D eigenvalue weighted by atomic mass is 10.00. The molecule has 0 atom stereocenters. The van der Waals surface area contributed by atoms with Gasteiger partial charge in [-0.1, -0.05) is 24.4 Å². The van der Waals surface area contributed by atoms with E-state index in [1.54, 1.807) is 0 Å². The fraction of sp³-hybridized carbons (Fsp3) is 0.333. The van der Waals surface area contributed by atoms with Crippen LogP contribution in [-0.2, 0) is 0 Å². The van der Waals surface area contributed by atoms with Crippen LogP contribution in [0.3, 0.4) is 0 Å². The standard InChI is InChI=1S/C6H12S2.C6H6S2.C6H4S2.9H2/c3*7-5-1-2-6(8)4-3-5;;;;;;;;;/h5-8H,1-4H2;1-4,7-8H;1-4H;9*1H. The van der Waals surface area contributed by atoms with E-state index in [-0.39, 0.29) is 12.8 Å². The highest BCUT2D eigenvalue weighted by Crippen LogP contribution is 2.25. The molecule has 0 N–H and O–H groups in total. The highest BCUT2D eigenvalue weighted by Gasteiger charge is 2.14. The Morgan fingerprint density at radius 2 is 0.917 bits per heavy atom. The molecule has 3 rings (SSSR count). The van der Waals surface area contributed by atoms with E-state index in [1.165, 1.54) is 25.7 Å². The summed E-state index contributed by atoms with van der Waals surface area (Å²) in [5.41, 5.74) is 0. The van der Waals surface area contributed by atoms with Crippen LogP contribution in [0.25, 0.3) is 0 Å². The summed E-state index contributed by atoms with van der Waals surface area (Å²) < 4.78 is 0. The second-order valence-electron chi connectivity index (χ2n) is 5.45. The van der Waals surface area contributed by atoms with Crippen molar-refractivity contribution in [3.63, 3.8) is 0 Å². The van der Waals surface area contributed by atoms with Crippen molar-refractivity contribution in [2.45, 2.75) is 46.0 Å². The van der Waals surface area contributed by atoms with Crippen LogP contribution >= 0.6 is 75.0 Å². The minimum absolute atomic E-state index is 0. The Balaban J connectivity index is -0.0000000329. The van der Waals surface area contributed by atoms with E-state index in [2.05, 4.69) is 50.5 Å². The van der Waals surface area contributed by atoms with Gasteiger partial charge in [-0.2, -0.15) is 25.3 Å². The monoisotopic (exact) mass is 448 g/mol. The largest absolute Gasteiger partial charge is 0.176 e. The number of benzene rings is 1. The maximum absolute atomic E-state index is 4.83. The van der Waals surface area contributed by atoms with E-state index in [0.29, 0.717) is 10.5 Å². The van der Waals surface area contributed by atoms with Gasteiger partial charge in [0, 0.05) is 42.9 Å². The van der Waals surface area contributed by atoms with Crippen LogP contribution in [0.1, 0.15) is 38.5 Å². The number of rotatable bonds is 0. The lowest BCUT2D eigenvalue weighted by Crippen LogP contribution is -2.13. The van der Waals surface area contributed by atoms with Crippen molar-refractivity contribution < 1.29 is 12.8 Å². The molecule has 0 heterocycles. The summed E-state index contributed by atoms with van der Waals surface area (Å²) in [7, 11) is 0. The van der Waals surface area contributed by atoms with Gasteiger partial charge in [0.2, 0.25) is 0 Å². The van der Waals surface area contributed by atoms with Crippen molar-refractivity contribution in [3.8, 4) is 0 Å². The molecule has 0 bridgehead atoms. The molecule has 0 spiro atoms. The van der Waals surface area contributed by atoms with Crippen LogP contribution in [0.2, 0.25) is 0 Å². The van der Waals surface area contributed by atoms with Crippen molar-refractivity contribution >= 4 is 84.7 Å².